The molecule has 1 aromatic rings. The van der Waals surface area contributed by atoms with Gasteiger partial charge < -0.3 is 10.4 Å². The number of rotatable bonds is 5. The number of hydrogen-bond donors (Lipinski definition) is 2. The summed E-state index contributed by atoms with van der Waals surface area (Å²) in [5.41, 5.74) is 1.23. The Kier molecular flexibility index (Phi) is 4.00. The quantitative estimate of drug-likeness (QED) is 0.842. The predicted octanol–water partition coefficient (Wildman–Crippen LogP) is 3.33. The maximum absolute atomic E-state index is 9.26. The molecule has 0 aliphatic heterocycles. The SMILES string of the molecule is CSC1(CNC(C)c2ccc(O)cc2)CCC1. The molecule has 1 fully saturated rings. The minimum atomic E-state index is 0.334. The minimum absolute atomic E-state index is 0.334. The molecule has 1 aromatic carbocycles. The molecule has 0 bridgehead atoms. The van der Waals surface area contributed by atoms with Gasteiger partial charge in [-0.2, -0.15) is 11.8 Å². The van der Waals surface area contributed by atoms with E-state index in [4.69, 9.17) is 0 Å². The van der Waals surface area contributed by atoms with Crippen molar-refractivity contribution >= 4 is 11.8 Å². The van der Waals surface area contributed by atoms with Crippen molar-refractivity contribution in [2.75, 3.05) is 12.8 Å². The fourth-order valence-corrected chi connectivity index (χ4v) is 3.17. The molecule has 94 valence electrons. The monoisotopic (exact) mass is 251 g/mol. The van der Waals surface area contributed by atoms with Gasteiger partial charge in [0, 0.05) is 17.3 Å². The Hall–Kier alpha value is -0.670. The van der Waals surface area contributed by atoms with Gasteiger partial charge in [-0.05, 0) is 43.7 Å². The first-order valence-electron chi connectivity index (χ1n) is 6.23. The van der Waals surface area contributed by atoms with E-state index in [-0.39, 0.29) is 0 Å². The summed E-state index contributed by atoms with van der Waals surface area (Å²) in [7, 11) is 0. The average Bonchev–Trinajstić information content (AvgIpc) is 2.29. The predicted molar refractivity (Wildman–Crippen MR) is 74.6 cm³/mol. The lowest BCUT2D eigenvalue weighted by Crippen LogP contribution is -2.43. The summed E-state index contributed by atoms with van der Waals surface area (Å²) in [6.45, 7) is 3.26. The van der Waals surface area contributed by atoms with Crippen molar-refractivity contribution in [2.45, 2.75) is 37.0 Å². The molecule has 0 heterocycles. The number of nitrogens with one attached hydrogen (secondary N) is 1. The van der Waals surface area contributed by atoms with Crippen molar-refractivity contribution in [2.24, 2.45) is 0 Å². The smallest absolute Gasteiger partial charge is 0.115 e. The van der Waals surface area contributed by atoms with Crippen LogP contribution in [-0.2, 0) is 0 Å². The first kappa shape index (κ1) is 12.8. The van der Waals surface area contributed by atoms with E-state index in [0.29, 0.717) is 16.5 Å². The molecule has 2 nitrogen and oxygen atoms in total. The Bertz CT molecular complexity index is 353. The molecule has 2 rings (SSSR count). The van der Waals surface area contributed by atoms with Gasteiger partial charge >= 0.3 is 0 Å². The lowest BCUT2D eigenvalue weighted by molar-refractivity contribution is 0.334. The zero-order chi connectivity index (χ0) is 12.3. The van der Waals surface area contributed by atoms with Gasteiger partial charge in [0.2, 0.25) is 0 Å². The molecule has 3 heteroatoms. The minimum Gasteiger partial charge on any atom is -0.508 e. The first-order valence-corrected chi connectivity index (χ1v) is 7.45. The third-order valence-electron chi connectivity index (χ3n) is 3.82. The third-order valence-corrected chi connectivity index (χ3v) is 5.24. The third kappa shape index (κ3) is 2.96. The molecule has 0 saturated heterocycles. The Labute approximate surface area is 108 Å². The van der Waals surface area contributed by atoms with E-state index >= 15 is 0 Å². The van der Waals surface area contributed by atoms with Gasteiger partial charge in [-0.1, -0.05) is 18.6 Å². The number of thioether (sulfide) groups is 1. The maximum atomic E-state index is 9.26. The van der Waals surface area contributed by atoms with Crippen LogP contribution in [0, 0.1) is 0 Å². The van der Waals surface area contributed by atoms with Crippen LogP contribution in [0.25, 0.3) is 0 Å². The van der Waals surface area contributed by atoms with Gasteiger partial charge in [-0.15, -0.1) is 0 Å². The van der Waals surface area contributed by atoms with Gasteiger partial charge in [-0.25, -0.2) is 0 Å². The van der Waals surface area contributed by atoms with Crippen LogP contribution in [0.2, 0.25) is 0 Å². The maximum Gasteiger partial charge on any atom is 0.115 e. The molecule has 0 amide bonds. The van der Waals surface area contributed by atoms with Gasteiger partial charge in [0.25, 0.3) is 0 Å². The summed E-state index contributed by atoms with van der Waals surface area (Å²) in [5, 5.41) is 12.9. The highest BCUT2D eigenvalue weighted by Crippen LogP contribution is 2.42. The first-order chi connectivity index (χ1) is 8.15. The summed E-state index contributed by atoms with van der Waals surface area (Å²) in [5.74, 6) is 0.334. The van der Waals surface area contributed by atoms with E-state index in [9.17, 15) is 5.11 Å². The normalized spacial score (nSPS) is 19.6. The van der Waals surface area contributed by atoms with Crippen LogP contribution in [0.3, 0.4) is 0 Å². The molecular formula is C14H21NOS. The van der Waals surface area contributed by atoms with Gasteiger partial charge in [0.1, 0.15) is 5.75 Å². The number of phenolic OH excluding ortho intramolecular Hbond substituents is 1. The van der Waals surface area contributed by atoms with Crippen molar-refractivity contribution < 1.29 is 5.11 Å². The molecule has 1 aliphatic carbocycles. The zero-order valence-electron chi connectivity index (χ0n) is 10.6. The zero-order valence-corrected chi connectivity index (χ0v) is 11.4. The standard InChI is InChI=1S/C14H21NOS/c1-11(12-4-6-13(16)7-5-12)15-10-14(17-2)8-3-9-14/h4-7,11,15-16H,3,8-10H2,1-2H3. The van der Waals surface area contributed by atoms with Crippen molar-refractivity contribution in [3.63, 3.8) is 0 Å². The molecule has 0 radical (unpaired) electrons. The van der Waals surface area contributed by atoms with Gasteiger partial charge in [0.05, 0.1) is 0 Å². The molecule has 1 aliphatic rings. The van der Waals surface area contributed by atoms with Crippen molar-refractivity contribution in [3.05, 3.63) is 29.8 Å². The number of hydrogen-bond acceptors (Lipinski definition) is 3. The van der Waals surface area contributed by atoms with Crippen LogP contribution in [0.1, 0.15) is 37.8 Å². The van der Waals surface area contributed by atoms with Crippen molar-refractivity contribution in [3.8, 4) is 5.75 Å². The van der Waals surface area contributed by atoms with Gasteiger partial charge in [-0.3, -0.25) is 0 Å². The Balaban J connectivity index is 1.88. The van der Waals surface area contributed by atoms with Crippen LogP contribution >= 0.6 is 11.8 Å². The lowest BCUT2D eigenvalue weighted by Gasteiger charge is -2.41. The number of benzene rings is 1. The highest BCUT2D eigenvalue weighted by molar-refractivity contribution is 8.00. The molecular weight excluding hydrogens is 230 g/mol. The average molecular weight is 251 g/mol. The van der Waals surface area contributed by atoms with E-state index in [2.05, 4.69) is 18.5 Å². The molecule has 0 aromatic heterocycles. The van der Waals surface area contributed by atoms with E-state index < -0.39 is 0 Å². The van der Waals surface area contributed by atoms with E-state index in [1.165, 1.54) is 24.8 Å². The summed E-state index contributed by atoms with van der Waals surface area (Å²) in [6.07, 6.45) is 6.26. The van der Waals surface area contributed by atoms with Crippen molar-refractivity contribution in [1.29, 1.82) is 0 Å². The van der Waals surface area contributed by atoms with Crippen LogP contribution in [-0.4, -0.2) is 22.7 Å². The second kappa shape index (κ2) is 5.32. The molecule has 2 N–H and O–H groups in total. The van der Waals surface area contributed by atoms with Crippen molar-refractivity contribution in [1.82, 2.24) is 5.32 Å². The number of phenols is 1. The Morgan fingerprint density at radius 1 is 1.35 bits per heavy atom. The molecule has 0 spiro atoms. The molecule has 1 saturated carbocycles. The van der Waals surface area contributed by atoms with E-state index in [1.807, 2.05) is 23.9 Å². The fraction of sp³-hybridized carbons (Fsp3) is 0.571. The van der Waals surface area contributed by atoms with Crippen LogP contribution in [0.4, 0.5) is 0 Å². The summed E-state index contributed by atoms with van der Waals surface area (Å²) in [6, 6.07) is 7.82. The molecule has 1 atom stereocenters. The highest BCUT2D eigenvalue weighted by Gasteiger charge is 2.35. The summed E-state index contributed by atoms with van der Waals surface area (Å²) >= 11 is 2.00. The van der Waals surface area contributed by atoms with E-state index in [0.717, 1.165) is 6.54 Å². The topological polar surface area (TPSA) is 32.3 Å². The number of aromatic hydroxyl groups is 1. The largest absolute Gasteiger partial charge is 0.508 e. The summed E-state index contributed by atoms with van der Waals surface area (Å²) in [4.78, 5) is 0. The fourth-order valence-electron chi connectivity index (χ4n) is 2.24. The second-order valence-corrected chi connectivity index (χ2v) is 6.21. The Morgan fingerprint density at radius 3 is 2.47 bits per heavy atom. The van der Waals surface area contributed by atoms with Crippen LogP contribution < -0.4 is 5.32 Å². The van der Waals surface area contributed by atoms with Crippen LogP contribution in [0.15, 0.2) is 24.3 Å². The molecule has 1 unspecified atom stereocenters. The Morgan fingerprint density at radius 2 is 2.00 bits per heavy atom. The molecule has 17 heavy (non-hydrogen) atoms. The second-order valence-electron chi connectivity index (χ2n) is 4.93. The van der Waals surface area contributed by atoms with Crippen LogP contribution in [0.5, 0.6) is 5.75 Å². The summed E-state index contributed by atoms with van der Waals surface area (Å²) < 4.78 is 0.477. The highest BCUT2D eigenvalue weighted by atomic mass is 32.2. The van der Waals surface area contributed by atoms with Gasteiger partial charge in [0.15, 0.2) is 0 Å². The van der Waals surface area contributed by atoms with E-state index in [1.54, 1.807) is 12.1 Å². The lowest BCUT2D eigenvalue weighted by atomic mass is 9.84.